The first kappa shape index (κ1) is 18.0. The molecular weight excluding hydrogens is 401 g/mol. The van der Waals surface area contributed by atoms with Crippen LogP contribution in [0.4, 0.5) is 0 Å². The van der Waals surface area contributed by atoms with Crippen molar-refractivity contribution < 1.29 is 0 Å². The highest BCUT2D eigenvalue weighted by molar-refractivity contribution is 7.98. The van der Waals surface area contributed by atoms with Crippen molar-refractivity contribution in [2.75, 3.05) is 0 Å². The Bertz CT molecular complexity index is 1050. The molecule has 0 unspecified atom stereocenters. The Morgan fingerprint density at radius 3 is 2.41 bits per heavy atom. The Kier molecular flexibility index (Phi) is 5.38. The lowest BCUT2D eigenvalue weighted by Gasteiger charge is -2.11. The van der Waals surface area contributed by atoms with E-state index in [9.17, 15) is 0 Å². The third-order valence-corrected chi connectivity index (χ3v) is 5.54. The van der Waals surface area contributed by atoms with E-state index in [4.69, 9.17) is 23.2 Å². The van der Waals surface area contributed by atoms with E-state index >= 15 is 0 Å². The fourth-order valence-electron chi connectivity index (χ4n) is 2.53. The summed E-state index contributed by atoms with van der Waals surface area (Å²) in [6, 6.07) is 13.2. The van der Waals surface area contributed by atoms with Crippen LogP contribution in [0.2, 0.25) is 10.0 Å². The van der Waals surface area contributed by atoms with Crippen molar-refractivity contribution >= 4 is 35.0 Å². The zero-order valence-corrected chi connectivity index (χ0v) is 16.3. The van der Waals surface area contributed by atoms with Gasteiger partial charge in [-0.05, 0) is 42.0 Å². The van der Waals surface area contributed by atoms with E-state index in [0.29, 0.717) is 15.9 Å². The average Bonchev–Trinajstić information content (AvgIpc) is 3.14. The molecule has 0 atom stereocenters. The average molecular weight is 414 g/mol. The normalized spacial score (nSPS) is 10.9. The zero-order chi connectivity index (χ0) is 18.6. The number of rotatable bonds is 5. The molecule has 0 fully saturated rings. The third kappa shape index (κ3) is 3.98. The van der Waals surface area contributed by atoms with E-state index in [1.807, 2.05) is 41.1 Å². The molecule has 0 bridgehead atoms. The molecule has 1 aromatic carbocycles. The summed E-state index contributed by atoms with van der Waals surface area (Å²) in [6.07, 6.45) is 7.08. The quantitative estimate of drug-likeness (QED) is 0.414. The van der Waals surface area contributed by atoms with E-state index in [-0.39, 0.29) is 0 Å². The first-order chi connectivity index (χ1) is 13.2. The fourth-order valence-corrected chi connectivity index (χ4v) is 3.71. The number of nitrogens with zero attached hydrogens (tertiary/aromatic N) is 5. The summed E-state index contributed by atoms with van der Waals surface area (Å²) in [6.45, 7) is 0. The molecule has 0 N–H and O–H groups in total. The van der Waals surface area contributed by atoms with Gasteiger partial charge in [-0.15, -0.1) is 10.2 Å². The van der Waals surface area contributed by atoms with Gasteiger partial charge in [0.05, 0.1) is 15.7 Å². The number of pyridine rings is 2. The number of aromatic nitrogens is 5. The van der Waals surface area contributed by atoms with Crippen LogP contribution >= 0.6 is 35.0 Å². The molecule has 0 amide bonds. The minimum absolute atomic E-state index is 0.475. The Balaban J connectivity index is 1.77. The number of hydrogen-bond donors (Lipinski definition) is 0. The molecule has 8 heteroatoms. The fraction of sp³-hybridized carbons (Fsp3) is 0.0526. The molecule has 4 aromatic rings. The van der Waals surface area contributed by atoms with E-state index in [2.05, 4.69) is 20.2 Å². The van der Waals surface area contributed by atoms with Gasteiger partial charge < -0.3 is 0 Å². The van der Waals surface area contributed by atoms with Gasteiger partial charge in [-0.1, -0.05) is 41.0 Å². The molecule has 3 heterocycles. The van der Waals surface area contributed by atoms with Gasteiger partial charge in [0.2, 0.25) is 0 Å². The third-order valence-electron chi connectivity index (χ3n) is 3.81. The number of hydrogen-bond acceptors (Lipinski definition) is 5. The standard InChI is InChI=1S/C19H13Cl2N5S/c20-16-6-5-15(9-17(16)21)26-18(14-4-2-8-23-11-14)24-25-19(26)27-12-13-3-1-7-22-10-13/h1-11H,12H2. The Hall–Kier alpha value is -2.41. The van der Waals surface area contributed by atoms with Gasteiger partial charge in [0.25, 0.3) is 0 Å². The summed E-state index contributed by atoms with van der Waals surface area (Å²) in [4.78, 5) is 8.34. The zero-order valence-electron chi connectivity index (χ0n) is 14.0. The van der Waals surface area contributed by atoms with Crippen LogP contribution in [0.15, 0.2) is 72.4 Å². The van der Waals surface area contributed by atoms with Crippen LogP contribution in [-0.2, 0) is 5.75 Å². The van der Waals surface area contributed by atoms with Crippen LogP contribution in [0, 0.1) is 0 Å². The molecule has 0 radical (unpaired) electrons. The van der Waals surface area contributed by atoms with E-state index in [1.165, 1.54) is 0 Å². The van der Waals surface area contributed by atoms with Crippen LogP contribution in [0.5, 0.6) is 0 Å². The highest BCUT2D eigenvalue weighted by Crippen LogP contribution is 2.32. The summed E-state index contributed by atoms with van der Waals surface area (Å²) >= 11 is 13.9. The lowest BCUT2D eigenvalue weighted by atomic mass is 10.2. The summed E-state index contributed by atoms with van der Waals surface area (Å²) in [7, 11) is 0. The van der Waals surface area contributed by atoms with Gasteiger partial charge in [-0.25, -0.2) is 0 Å². The monoisotopic (exact) mass is 413 g/mol. The van der Waals surface area contributed by atoms with Gasteiger partial charge in [0.15, 0.2) is 11.0 Å². The summed E-state index contributed by atoms with van der Waals surface area (Å²) < 4.78 is 1.96. The highest BCUT2D eigenvalue weighted by atomic mass is 35.5. The van der Waals surface area contributed by atoms with Crippen LogP contribution in [0.25, 0.3) is 17.1 Å². The highest BCUT2D eigenvalue weighted by Gasteiger charge is 2.17. The molecule has 0 spiro atoms. The van der Waals surface area contributed by atoms with E-state index in [0.717, 1.165) is 27.7 Å². The Morgan fingerprint density at radius 2 is 1.70 bits per heavy atom. The lowest BCUT2D eigenvalue weighted by Crippen LogP contribution is -2.00. The second-order valence-electron chi connectivity index (χ2n) is 5.63. The van der Waals surface area contributed by atoms with Crippen molar-refractivity contribution in [1.82, 2.24) is 24.7 Å². The van der Waals surface area contributed by atoms with Crippen molar-refractivity contribution in [3.63, 3.8) is 0 Å². The van der Waals surface area contributed by atoms with Crippen molar-refractivity contribution in [2.24, 2.45) is 0 Å². The van der Waals surface area contributed by atoms with Gasteiger partial charge in [0.1, 0.15) is 0 Å². The molecule has 27 heavy (non-hydrogen) atoms. The molecule has 5 nitrogen and oxygen atoms in total. The smallest absolute Gasteiger partial charge is 0.196 e. The molecule has 0 saturated heterocycles. The SMILES string of the molecule is Clc1ccc(-n2c(SCc3cccnc3)nnc2-c2cccnc2)cc1Cl. The molecule has 4 rings (SSSR count). The van der Waals surface area contributed by atoms with E-state index < -0.39 is 0 Å². The predicted octanol–water partition coefficient (Wildman–Crippen LogP) is 5.32. The second kappa shape index (κ2) is 8.08. The molecule has 0 saturated carbocycles. The van der Waals surface area contributed by atoms with Crippen LogP contribution in [0.3, 0.4) is 0 Å². The summed E-state index contributed by atoms with van der Waals surface area (Å²) in [5.41, 5.74) is 2.81. The largest absolute Gasteiger partial charge is 0.270 e. The number of thioether (sulfide) groups is 1. The van der Waals surface area contributed by atoms with E-state index in [1.54, 1.807) is 42.5 Å². The maximum absolute atomic E-state index is 6.24. The molecular formula is C19H13Cl2N5S. The van der Waals surface area contributed by atoms with Gasteiger partial charge in [0, 0.05) is 36.1 Å². The molecule has 0 aliphatic rings. The number of benzene rings is 1. The van der Waals surface area contributed by atoms with Crippen molar-refractivity contribution in [2.45, 2.75) is 10.9 Å². The Morgan fingerprint density at radius 1 is 0.889 bits per heavy atom. The molecule has 3 aromatic heterocycles. The number of halogens is 2. The first-order valence-electron chi connectivity index (χ1n) is 8.05. The summed E-state index contributed by atoms with van der Waals surface area (Å²) in [5.74, 6) is 1.41. The Labute approximate surface area is 170 Å². The predicted molar refractivity (Wildman–Crippen MR) is 108 cm³/mol. The van der Waals surface area contributed by atoms with Crippen molar-refractivity contribution in [3.05, 3.63) is 82.9 Å². The second-order valence-corrected chi connectivity index (χ2v) is 7.39. The van der Waals surface area contributed by atoms with Crippen LogP contribution < -0.4 is 0 Å². The topological polar surface area (TPSA) is 56.5 Å². The van der Waals surface area contributed by atoms with Crippen molar-refractivity contribution in [3.8, 4) is 17.1 Å². The van der Waals surface area contributed by atoms with Gasteiger partial charge in [-0.3, -0.25) is 14.5 Å². The summed E-state index contributed by atoms with van der Waals surface area (Å²) in [5, 5.41) is 10.5. The maximum atomic E-state index is 6.24. The van der Waals surface area contributed by atoms with Gasteiger partial charge in [-0.2, -0.15) is 0 Å². The van der Waals surface area contributed by atoms with Gasteiger partial charge >= 0.3 is 0 Å². The molecule has 0 aliphatic carbocycles. The molecule has 134 valence electrons. The van der Waals surface area contributed by atoms with Crippen LogP contribution in [-0.4, -0.2) is 24.7 Å². The first-order valence-corrected chi connectivity index (χ1v) is 9.79. The van der Waals surface area contributed by atoms with Crippen molar-refractivity contribution in [1.29, 1.82) is 0 Å². The lowest BCUT2D eigenvalue weighted by molar-refractivity contribution is 0.885. The minimum atomic E-state index is 0.475. The van der Waals surface area contributed by atoms with Crippen LogP contribution in [0.1, 0.15) is 5.56 Å². The molecule has 0 aliphatic heterocycles. The maximum Gasteiger partial charge on any atom is 0.196 e. The minimum Gasteiger partial charge on any atom is -0.270 e.